The van der Waals surface area contributed by atoms with Crippen molar-refractivity contribution in [2.24, 2.45) is 0 Å². The number of nitrogens with one attached hydrogen (secondary N) is 1. The smallest absolute Gasteiger partial charge is 0.338 e. The molecule has 0 radical (unpaired) electrons. The molecule has 2 aromatic heterocycles. The Balaban J connectivity index is 1.92. The molecule has 5 rings (SSSR count). The Morgan fingerprint density at radius 1 is 0.912 bits per heavy atom. The van der Waals surface area contributed by atoms with Gasteiger partial charge < -0.3 is 10.4 Å². The average Bonchev–Trinajstić information content (AvgIpc) is 3.15. The number of carbonyl (C=O) groups is 1. The molecule has 34 heavy (non-hydrogen) atoms. The highest BCUT2D eigenvalue weighted by molar-refractivity contribution is 6.04. The number of nitrogens with zero attached hydrogens (tertiary/aromatic N) is 4. The third-order valence-corrected chi connectivity index (χ3v) is 6.18. The Bertz CT molecular complexity index is 1360. The predicted molar refractivity (Wildman–Crippen MR) is 129 cm³/mol. The first-order valence-corrected chi connectivity index (χ1v) is 11.3. The number of fused-ring (bicyclic) bond motifs is 1. The molecule has 0 aliphatic carbocycles. The van der Waals surface area contributed by atoms with Gasteiger partial charge in [0.15, 0.2) is 5.82 Å². The molecule has 1 aliphatic rings. The zero-order valence-corrected chi connectivity index (χ0v) is 18.6. The number of aromatic carboxylic acids is 1. The minimum atomic E-state index is -1.09. The first-order chi connectivity index (χ1) is 16.7. The summed E-state index contributed by atoms with van der Waals surface area (Å²) in [4.78, 5) is 38.0. The first kappa shape index (κ1) is 21.9. The quantitative estimate of drug-likeness (QED) is 0.477. The lowest BCUT2D eigenvalue weighted by atomic mass is 9.97. The summed E-state index contributed by atoms with van der Waals surface area (Å²) in [7, 11) is 0. The van der Waals surface area contributed by atoms with E-state index in [1.807, 2.05) is 30.3 Å². The highest BCUT2D eigenvalue weighted by atomic mass is 16.4. The lowest BCUT2D eigenvalue weighted by Crippen LogP contribution is -2.39. The standard InChI is InChI=1S/C26H25N5O3/c32-25-20-11-5-4-10-19(20)21(26(33)34)22(31(25)18-8-2-1-3-9-18)23(24-28-13-6-14-29-24)30-16-7-12-27-15-17-30/h1-6,8-11,13-14,23,27H,7,12,15-17H2,(H,33,34). The molecule has 2 N–H and O–H groups in total. The fourth-order valence-electron chi connectivity index (χ4n) is 4.72. The zero-order chi connectivity index (χ0) is 23.5. The largest absolute Gasteiger partial charge is 0.478 e. The van der Waals surface area contributed by atoms with E-state index in [-0.39, 0.29) is 11.1 Å². The molecule has 0 spiro atoms. The number of rotatable bonds is 5. The van der Waals surface area contributed by atoms with Crippen LogP contribution >= 0.6 is 0 Å². The monoisotopic (exact) mass is 455 g/mol. The highest BCUT2D eigenvalue weighted by Crippen LogP contribution is 2.33. The van der Waals surface area contributed by atoms with Crippen LogP contribution in [0.25, 0.3) is 16.5 Å². The molecule has 8 heteroatoms. The van der Waals surface area contributed by atoms with Gasteiger partial charge in [-0.25, -0.2) is 14.8 Å². The van der Waals surface area contributed by atoms with Crippen LogP contribution in [0.1, 0.15) is 34.3 Å². The fourth-order valence-corrected chi connectivity index (χ4v) is 4.72. The average molecular weight is 456 g/mol. The van der Waals surface area contributed by atoms with Crippen molar-refractivity contribution < 1.29 is 9.90 Å². The van der Waals surface area contributed by atoms with Gasteiger partial charge in [0.1, 0.15) is 6.04 Å². The Labute approximate surface area is 196 Å². The van der Waals surface area contributed by atoms with Crippen molar-refractivity contribution in [3.05, 3.63) is 100 Å². The molecule has 8 nitrogen and oxygen atoms in total. The molecule has 1 fully saturated rings. The number of aromatic nitrogens is 3. The predicted octanol–water partition coefficient (Wildman–Crippen LogP) is 2.86. The Morgan fingerprint density at radius 3 is 2.35 bits per heavy atom. The molecule has 1 aliphatic heterocycles. The van der Waals surface area contributed by atoms with E-state index in [1.54, 1.807) is 42.7 Å². The van der Waals surface area contributed by atoms with Crippen molar-refractivity contribution in [2.75, 3.05) is 26.2 Å². The number of carboxylic acid groups (broad SMARTS) is 1. The van der Waals surface area contributed by atoms with Gasteiger partial charge in [-0.3, -0.25) is 14.3 Å². The molecular weight excluding hydrogens is 430 g/mol. The summed E-state index contributed by atoms with van der Waals surface area (Å²) in [5, 5.41) is 14.7. The van der Waals surface area contributed by atoms with E-state index < -0.39 is 12.0 Å². The van der Waals surface area contributed by atoms with Gasteiger partial charge in [-0.2, -0.15) is 0 Å². The second-order valence-electron chi connectivity index (χ2n) is 8.24. The van der Waals surface area contributed by atoms with Crippen LogP contribution in [0.5, 0.6) is 0 Å². The minimum absolute atomic E-state index is 0.0914. The number of para-hydroxylation sites is 1. The van der Waals surface area contributed by atoms with Crippen molar-refractivity contribution in [1.29, 1.82) is 0 Å². The Hall–Kier alpha value is -3.88. The van der Waals surface area contributed by atoms with Gasteiger partial charge in [-0.15, -0.1) is 0 Å². The third-order valence-electron chi connectivity index (χ3n) is 6.18. The van der Waals surface area contributed by atoms with E-state index in [1.165, 1.54) is 4.57 Å². The number of hydrogen-bond acceptors (Lipinski definition) is 6. The maximum atomic E-state index is 13.9. The third kappa shape index (κ3) is 3.98. The van der Waals surface area contributed by atoms with Crippen LogP contribution in [-0.4, -0.2) is 56.7 Å². The molecule has 172 valence electrons. The SMILES string of the molecule is O=C(O)c1c(C(c2ncccn2)N2CCCNCC2)n(-c2ccccc2)c(=O)c2ccccc12. The van der Waals surface area contributed by atoms with E-state index in [4.69, 9.17) is 0 Å². The van der Waals surface area contributed by atoms with Crippen molar-refractivity contribution in [3.63, 3.8) is 0 Å². The number of carboxylic acids is 1. The van der Waals surface area contributed by atoms with Gasteiger partial charge in [0, 0.05) is 48.5 Å². The van der Waals surface area contributed by atoms with Crippen molar-refractivity contribution in [2.45, 2.75) is 12.5 Å². The summed E-state index contributed by atoms with van der Waals surface area (Å²) < 4.78 is 1.53. The number of benzene rings is 2. The van der Waals surface area contributed by atoms with Gasteiger partial charge in [0.25, 0.3) is 5.56 Å². The normalized spacial score (nSPS) is 15.6. The molecule has 4 aromatic rings. The summed E-state index contributed by atoms with van der Waals surface area (Å²) in [5.41, 5.74) is 0.796. The van der Waals surface area contributed by atoms with Crippen LogP contribution in [0.3, 0.4) is 0 Å². The maximum Gasteiger partial charge on any atom is 0.338 e. The molecule has 0 saturated carbocycles. The van der Waals surface area contributed by atoms with Crippen molar-refractivity contribution in [3.8, 4) is 5.69 Å². The van der Waals surface area contributed by atoms with Gasteiger partial charge in [0.05, 0.1) is 11.3 Å². The lowest BCUT2D eigenvalue weighted by molar-refractivity contribution is 0.0694. The summed E-state index contributed by atoms with van der Waals surface area (Å²) in [6, 6.07) is 17.2. The summed E-state index contributed by atoms with van der Waals surface area (Å²) in [6.07, 6.45) is 4.19. The van der Waals surface area contributed by atoms with Crippen LogP contribution in [0.2, 0.25) is 0 Å². The van der Waals surface area contributed by atoms with Gasteiger partial charge in [-0.1, -0.05) is 36.4 Å². The van der Waals surface area contributed by atoms with E-state index >= 15 is 0 Å². The van der Waals surface area contributed by atoms with Crippen LogP contribution in [-0.2, 0) is 0 Å². The molecule has 3 heterocycles. The molecule has 1 saturated heterocycles. The van der Waals surface area contributed by atoms with Gasteiger partial charge >= 0.3 is 5.97 Å². The zero-order valence-electron chi connectivity index (χ0n) is 18.6. The number of hydrogen-bond donors (Lipinski definition) is 2. The van der Waals surface area contributed by atoms with Crippen LogP contribution in [0.15, 0.2) is 77.9 Å². The molecule has 0 bridgehead atoms. The number of pyridine rings is 1. The topological polar surface area (TPSA) is 100 Å². The van der Waals surface area contributed by atoms with E-state index in [0.29, 0.717) is 41.1 Å². The second kappa shape index (κ2) is 9.54. The molecule has 1 unspecified atom stereocenters. The fraction of sp³-hybridized carbons (Fsp3) is 0.231. The van der Waals surface area contributed by atoms with E-state index in [9.17, 15) is 14.7 Å². The molecular formula is C26H25N5O3. The van der Waals surface area contributed by atoms with E-state index in [0.717, 1.165) is 19.5 Å². The second-order valence-corrected chi connectivity index (χ2v) is 8.24. The Morgan fingerprint density at radius 2 is 1.62 bits per heavy atom. The lowest BCUT2D eigenvalue weighted by Gasteiger charge is -2.32. The first-order valence-electron chi connectivity index (χ1n) is 11.3. The summed E-state index contributed by atoms with van der Waals surface area (Å²) in [5.74, 6) is -0.629. The van der Waals surface area contributed by atoms with Crippen LogP contribution in [0.4, 0.5) is 0 Å². The van der Waals surface area contributed by atoms with Crippen molar-refractivity contribution >= 4 is 16.7 Å². The van der Waals surface area contributed by atoms with Crippen LogP contribution in [0, 0.1) is 0 Å². The molecule has 0 amide bonds. The van der Waals surface area contributed by atoms with E-state index in [2.05, 4.69) is 20.2 Å². The van der Waals surface area contributed by atoms with Gasteiger partial charge in [-0.05, 0) is 37.2 Å². The van der Waals surface area contributed by atoms with Gasteiger partial charge in [0.2, 0.25) is 0 Å². The highest BCUT2D eigenvalue weighted by Gasteiger charge is 2.34. The summed E-state index contributed by atoms with van der Waals surface area (Å²) >= 11 is 0. The summed E-state index contributed by atoms with van der Waals surface area (Å²) in [6.45, 7) is 2.99. The maximum absolute atomic E-state index is 13.9. The molecule has 2 aromatic carbocycles. The van der Waals surface area contributed by atoms with Crippen molar-refractivity contribution in [1.82, 2.24) is 24.8 Å². The Kier molecular flexibility index (Phi) is 6.16. The minimum Gasteiger partial charge on any atom is -0.478 e. The van der Waals surface area contributed by atoms with Crippen LogP contribution < -0.4 is 10.9 Å². The molecule has 1 atom stereocenters.